The van der Waals surface area contributed by atoms with Crippen LogP contribution < -0.4 is 33.9 Å². The van der Waals surface area contributed by atoms with Crippen LogP contribution in [-0.4, -0.2) is 58.9 Å². The average molecular weight is 757 g/mol. The predicted octanol–water partition coefficient (Wildman–Crippen LogP) is 4.26. The number of anilines is 1. The number of rotatable bonds is 17. The summed E-state index contributed by atoms with van der Waals surface area (Å²) in [6.45, 7) is 1.65. The van der Waals surface area contributed by atoms with E-state index in [-0.39, 0.29) is 49.1 Å². The maximum Gasteiger partial charge on any atom is 0.345 e. The number of methoxy groups -OCH3 is 1. The van der Waals surface area contributed by atoms with Gasteiger partial charge >= 0.3 is 16.2 Å². The molecule has 0 saturated carbocycles. The quantitative estimate of drug-likeness (QED) is 0.0801. The lowest BCUT2D eigenvalue weighted by atomic mass is 10.1. The maximum absolute atomic E-state index is 13.2. The van der Waals surface area contributed by atoms with Crippen LogP contribution in [0.3, 0.4) is 0 Å². The van der Waals surface area contributed by atoms with E-state index < -0.39 is 40.4 Å². The van der Waals surface area contributed by atoms with Crippen LogP contribution in [0.1, 0.15) is 46.8 Å². The molecule has 4 aromatic carbocycles. The lowest BCUT2D eigenvalue weighted by Crippen LogP contribution is -2.34. The SMILES string of the molecule is COC(=O)c1c(OCCCCNC(=O)/C(=C/c2ccc(N3CC(=O)NS3(=O)=O)c(OCc3ccccc3)c2)NC(C)=O)cccc1OCc1ccccc1. The van der Waals surface area contributed by atoms with E-state index in [0.717, 1.165) is 15.4 Å². The Morgan fingerprint density at radius 1 is 0.815 bits per heavy atom. The highest BCUT2D eigenvalue weighted by Crippen LogP contribution is 2.34. The zero-order valence-electron chi connectivity index (χ0n) is 29.7. The molecule has 0 unspecified atom stereocenters. The number of ether oxygens (including phenoxy) is 4. The van der Waals surface area contributed by atoms with E-state index in [9.17, 15) is 27.6 Å². The second kappa shape index (κ2) is 18.4. The fourth-order valence-corrected chi connectivity index (χ4v) is 6.51. The Balaban J connectivity index is 1.22. The van der Waals surface area contributed by atoms with Crippen molar-refractivity contribution in [2.45, 2.75) is 33.0 Å². The predicted molar refractivity (Wildman–Crippen MR) is 200 cm³/mol. The second-order valence-electron chi connectivity index (χ2n) is 12.0. The van der Waals surface area contributed by atoms with Gasteiger partial charge in [0.25, 0.3) is 11.8 Å². The van der Waals surface area contributed by atoms with Gasteiger partial charge in [-0.25, -0.2) is 13.8 Å². The Labute approximate surface area is 313 Å². The molecule has 0 radical (unpaired) electrons. The molecule has 0 aromatic heterocycles. The van der Waals surface area contributed by atoms with Crippen molar-refractivity contribution in [2.24, 2.45) is 0 Å². The van der Waals surface area contributed by atoms with Gasteiger partial charge in [0.05, 0.1) is 19.4 Å². The minimum absolute atomic E-state index is 0.0545. The van der Waals surface area contributed by atoms with Gasteiger partial charge < -0.3 is 29.6 Å². The van der Waals surface area contributed by atoms with Crippen molar-refractivity contribution in [1.29, 1.82) is 0 Å². The molecule has 1 saturated heterocycles. The number of nitrogens with zero attached hydrogens (tertiary/aromatic N) is 1. The molecule has 3 amide bonds. The molecular formula is C39H40N4O10S. The van der Waals surface area contributed by atoms with Gasteiger partial charge in [0, 0.05) is 13.5 Å². The van der Waals surface area contributed by atoms with Crippen LogP contribution in [0.2, 0.25) is 0 Å². The molecular weight excluding hydrogens is 717 g/mol. The van der Waals surface area contributed by atoms with Gasteiger partial charge in [0.15, 0.2) is 0 Å². The summed E-state index contributed by atoms with van der Waals surface area (Å²) in [6.07, 6.45) is 2.44. The topological polar surface area (TPSA) is 179 Å². The van der Waals surface area contributed by atoms with E-state index >= 15 is 0 Å². The third-order valence-corrected chi connectivity index (χ3v) is 9.30. The Morgan fingerprint density at radius 3 is 2.04 bits per heavy atom. The average Bonchev–Trinajstić information content (AvgIpc) is 3.45. The van der Waals surface area contributed by atoms with Gasteiger partial charge in [-0.05, 0) is 59.9 Å². The summed E-state index contributed by atoms with van der Waals surface area (Å²) >= 11 is 0. The highest BCUT2D eigenvalue weighted by molar-refractivity contribution is 7.92. The standard InChI is InChI=1S/C39H40N4O10S/c1-27(44)41-31(22-30-18-19-32(43-24-36(45)42-54(43,48)49)35(23-30)53-26-29-14-7-4-8-15-29)38(46)40-20-9-10-21-51-33-16-11-17-34(37(33)39(47)50-2)52-25-28-12-5-3-6-13-28/h3-8,11-19,22-23H,9-10,20-21,24-26H2,1-2H3,(H,40,46)(H,41,44)(H,42,45)/b31-22-. The van der Waals surface area contributed by atoms with E-state index in [0.29, 0.717) is 29.9 Å². The fraction of sp³-hybridized carbons (Fsp3) is 0.231. The van der Waals surface area contributed by atoms with Crippen molar-refractivity contribution in [1.82, 2.24) is 15.4 Å². The Bertz CT molecular complexity index is 2110. The molecule has 3 N–H and O–H groups in total. The van der Waals surface area contributed by atoms with Crippen molar-refractivity contribution >= 4 is 45.7 Å². The first-order chi connectivity index (χ1) is 26.0. The summed E-state index contributed by atoms with van der Waals surface area (Å²) in [5.74, 6) is -1.56. The maximum atomic E-state index is 13.2. The molecule has 4 aromatic rings. The summed E-state index contributed by atoms with van der Waals surface area (Å²) in [6, 6.07) is 28.3. The summed E-state index contributed by atoms with van der Waals surface area (Å²) in [5.41, 5.74) is 2.40. The van der Waals surface area contributed by atoms with Crippen molar-refractivity contribution < 1.29 is 46.5 Å². The molecule has 54 heavy (non-hydrogen) atoms. The molecule has 0 spiro atoms. The van der Waals surface area contributed by atoms with Crippen LogP contribution in [-0.2, 0) is 42.5 Å². The molecule has 0 bridgehead atoms. The van der Waals surface area contributed by atoms with Crippen LogP contribution in [0.15, 0.2) is 103 Å². The van der Waals surface area contributed by atoms with Crippen LogP contribution >= 0.6 is 0 Å². The first-order valence-corrected chi connectivity index (χ1v) is 18.4. The molecule has 1 aliphatic rings. The van der Waals surface area contributed by atoms with Gasteiger partial charge in [0.1, 0.15) is 48.3 Å². The molecule has 14 nitrogen and oxygen atoms in total. The van der Waals surface area contributed by atoms with Gasteiger partial charge in [0.2, 0.25) is 5.91 Å². The van der Waals surface area contributed by atoms with E-state index in [4.69, 9.17) is 18.9 Å². The number of carbonyl (C=O) groups is 4. The van der Waals surface area contributed by atoms with Crippen molar-refractivity contribution in [3.05, 3.63) is 125 Å². The summed E-state index contributed by atoms with van der Waals surface area (Å²) in [5, 5.41) is 5.33. The van der Waals surface area contributed by atoms with E-state index in [1.807, 2.05) is 65.4 Å². The molecule has 1 fully saturated rings. The van der Waals surface area contributed by atoms with Crippen LogP contribution in [0.5, 0.6) is 17.2 Å². The monoisotopic (exact) mass is 756 g/mol. The number of unbranched alkanes of at least 4 members (excludes halogenated alkanes) is 1. The first kappa shape index (κ1) is 38.9. The number of hydrogen-bond acceptors (Lipinski definition) is 10. The van der Waals surface area contributed by atoms with E-state index in [1.165, 1.54) is 32.2 Å². The Hall–Kier alpha value is -6.35. The van der Waals surface area contributed by atoms with Crippen molar-refractivity contribution in [3.63, 3.8) is 0 Å². The molecule has 5 rings (SSSR count). The van der Waals surface area contributed by atoms with Gasteiger partial charge in [-0.3, -0.25) is 14.4 Å². The fourth-order valence-electron chi connectivity index (χ4n) is 5.35. The Kier molecular flexibility index (Phi) is 13.3. The largest absolute Gasteiger partial charge is 0.493 e. The van der Waals surface area contributed by atoms with Crippen molar-refractivity contribution in [2.75, 3.05) is 31.1 Å². The zero-order chi connectivity index (χ0) is 38.5. The van der Waals surface area contributed by atoms with Gasteiger partial charge in [-0.15, -0.1) is 0 Å². The molecule has 15 heteroatoms. The Morgan fingerprint density at radius 2 is 1.44 bits per heavy atom. The third kappa shape index (κ3) is 10.6. The second-order valence-corrected chi connectivity index (χ2v) is 13.6. The van der Waals surface area contributed by atoms with Crippen molar-refractivity contribution in [3.8, 4) is 17.2 Å². The van der Waals surface area contributed by atoms with Gasteiger partial charge in [-0.1, -0.05) is 72.8 Å². The number of nitrogens with one attached hydrogen (secondary N) is 3. The number of esters is 1. The smallest absolute Gasteiger partial charge is 0.345 e. The van der Waals surface area contributed by atoms with E-state index in [2.05, 4.69) is 10.6 Å². The number of amides is 3. The molecule has 0 atom stereocenters. The highest BCUT2D eigenvalue weighted by atomic mass is 32.2. The van der Waals surface area contributed by atoms with Crippen LogP contribution in [0, 0.1) is 0 Å². The minimum Gasteiger partial charge on any atom is -0.493 e. The number of benzene rings is 4. The summed E-state index contributed by atoms with van der Waals surface area (Å²) < 4.78 is 51.0. The normalized spacial score (nSPS) is 13.4. The number of hydrogen-bond donors (Lipinski definition) is 3. The summed E-state index contributed by atoms with van der Waals surface area (Å²) in [7, 11) is -2.85. The molecule has 1 aliphatic heterocycles. The van der Waals surface area contributed by atoms with E-state index in [1.54, 1.807) is 24.3 Å². The summed E-state index contributed by atoms with van der Waals surface area (Å²) in [4.78, 5) is 49.9. The molecule has 282 valence electrons. The zero-order valence-corrected chi connectivity index (χ0v) is 30.5. The van der Waals surface area contributed by atoms with Crippen LogP contribution in [0.4, 0.5) is 5.69 Å². The minimum atomic E-state index is -4.13. The molecule has 0 aliphatic carbocycles. The number of carbonyl (C=O) groups excluding carboxylic acids is 4. The highest BCUT2D eigenvalue weighted by Gasteiger charge is 2.36. The molecule has 1 heterocycles. The lowest BCUT2D eigenvalue weighted by Gasteiger charge is -2.20. The van der Waals surface area contributed by atoms with Gasteiger partial charge in [-0.2, -0.15) is 8.42 Å². The van der Waals surface area contributed by atoms with Crippen LogP contribution in [0.25, 0.3) is 6.08 Å². The lowest BCUT2D eigenvalue weighted by molar-refractivity contribution is -0.122. The third-order valence-electron chi connectivity index (χ3n) is 7.91. The first-order valence-electron chi connectivity index (χ1n) is 17.0.